The number of rotatable bonds is 7. The smallest absolute Gasteiger partial charge is 0.326 e. The van der Waals surface area contributed by atoms with Gasteiger partial charge in [-0.3, -0.25) is 4.79 Å². The number of hydrogen-bond donors (Lipinski definition) is 2. The van der Waals surface area contributed by atoms with Crippen LogP contribution in [-0.4, -0.2) is 23.0 Å². The van der Waals surface area contributed by atoms with E-state index in [0.29, 0.717) is 5.56 Å². The Morgan fingerprint density at radius 2 is 1.43 bits per heavy atom. The van der Waals surface area contributed by atoms with Gasteiger partial charge in [-0.2, -0.15) is 5.26 Å². The molecular formula is C25H22N2O3. The summed E-state index contributed by atoms with van der Waals surface area (Å²) in [6.07, 6.45) is 0.118. The lowest BCUT2D eigenvalue weighted by molar-refractivity contribution is -0.142. The van der Waals surface area contributed by atoms with Gasteiger partial charge in [0.2, 0.25) is 5.91 Å². The average Bonchev–Trinajstić information content (AvgIpc) is 2.79. The number of nitriles is 1. The van der Waals surface area contributed by atoms with Crippen LogP contribution in [0.1, 0.15) is 29.2 Å². The molecule has 1 atom stereocenters. The summed E-state index contributed by atoms with van der Waals surface area (Å²) >= 11 is 0. The average molecular weight is 398 g/mol. The van der Waals surface area contributed by atoms with Crippen LogP contribution in [0.15, 0.2) is 84.9 Å². The number of carboxylic acid groups (broad SMARTS) is 1. The molecule has 150 valence electrons. The number of carbonyl (C=O) groups excluding carboxylic acids is 1. The first kappa shape index (κ1) is 20.8. The Balaban J connectivity index is 1.91. The Kier molecular flexibility index (Phi) is 6.29. The molecule has 0 saturated heterocycles. The Hall–Kier alpha value is -3.91. The normalized spacial score (nSPS) is 11.9. The zero-order valence-corrected chi connectivity index (χ0v) is 16.6. The van der Waals surface area contributed by atoms with E-state index in [9.17, 15) is 14.7 Å². The topological polar surface area (TPSA) is 90.2 Å². The molecule has 1 amide bonds. The van der Waals surface area contributed by atoms with Gasteiger partial charge in [0.25, 0.3) is 0 Å². The third-order valence-electron chi connectivity index (χ3n) is 5.28. The molecule has 3 aromatic rings. The maximum Gasteiger partial charge on any atom is 0.326 e. The summed E-state index contributed by atoms with van der Waals surface area (Å²) in [5, 5.41) is 21.4. The van der Waals surface area contributed by atoms with Crippen LogP contribution in [0, 0.1) is 11.3 Å². The predicted octanol–water partition coefficient (Wildman–Crippen LogP) is 3.68. The maximum absolute atomic E-state index is 13.5. The van der Waals surface area contributed by atoms with Crippen molar-refractivity contribution in [3.63, 3.8) is 0 Å². The second-order valence-corrected chi connectivity index (χ2v) is 7.23. The number of nitrogens with one attached hydrogen (secondary N) is 1. The lowest BCUT2D eigenvalue weighted by Gasteiger charge is -2.31. The molecule has 5 nitrogen and oxygen atoms in total. The highest BCUT2D eigenvalue weighted by atomic mass is 16.4. The van der Waals surface area contributed by atoms with Crippen molar-refractivity contribution in [3.05, 3.63) is 107 Å². The van der Waals surface area contributed by atoms with E-state index in [4.69, 9.17) is 5.26 Å². The fraction of sp³-hybridized carbons (Fsp3) is 0.160. The van der Waals surface area contributed by atoms with Gasteiger partial charge in [-0.05, 0) is 35.7 Å². The molecular weight excluding hydrogens is 376 g/mol. The van der Waals surface area contributed by atoms with E-state index >= 15 is 0 Å². The number of nitrogens with zero attached hydrogens (tertiary/aromatic N) is 1. The Morgan fingerprint density at radius 1 is 0.933 bits per heavy atom. The van der Waals surface area contributed by atoms with Gasteiger partial charge in [0, 0.05) is 6.42 Å². The maximum atomic E-state index is 13.5. The van der Waals surface area contributed by atoms with Crippen LogP contribution in [0.25, 0.3) is 0 Å². The molecule has 0 saturated carbocycles. The van der Waals surface area contributed by atoms with Crippen molar-refractivity contribution in [3.8, 4) is 6.07 Å². The zero-order valence-electron chi connectivity index (χ0n) is 16.6. The van der Waals surface area contributed by atoms with E-state index in [1.807, 2.05) is 66.7 Å². The predicted molar refractivity (Wildman–Crippen MR) is 114 cm³/mol. The lowest BCUT2D eigenvalue weighted by Crippen LogP contribution is -2.50. The van der Waals surface area contributed by atoms with Gasteiger partial charge >= 0.3 is 5.97 Å². The summed E-state index contributed by atoms with van der Waals surface area (Å²) in [6.45, 7) is 1.80. The molecule has 0 aliphatic carbocycles. The summed E-state index contributed by atoms with van der Waals surface area (Å²) in [4.78, 5) is 25.3. The fourth-order valence-electron chi connectivity index (χ4n) is 3.43. The minimum Gasteiger partial charge on any atom is -0.480 e. The number of carbonyl (C=O) groups is 2. The molecule has 0 spiro atoms. The molecule has 3 aromatic carbocycles. The first-order valence-electron chi connectivity index (χ1n) is 9.59. The summed E-state index contributed by atoms with van der Waals surface area (Å²) in [7, 11) is 0. The highest BCUT2D eigenvalue weighted by molar-refractivity contribution is 5.94. The van der Waals surface area contributed by atoms with Crippen LogP contribution in [0.5, 0.6) is 0 Å². The number of aliphatic carboxylic acids is 1. The van der Waals surface area contributed by atoms with Crippen molar-refractivity contribution >= 4 is 11.9 Å². The van der Waals surface area contributed by atoms with Crippen LogP contribution >= 0.6 is 0 Å². The van der Waals surface area contributed by atoms with Crippen molar-refractivity contribution in [2.75, 3.05) is 0 Å². The molecule has 0 fully saturated rings. The molecule has 30 heavy (non-hydrogen) atoms. The van der Waals surface area contributed by atoms with E-state index in [1.165, 1.54) is 0 Å². The van der Waals surface area contributed by atoms with Crippen molar-refractivity contribution in [2.24, 2.45) is 0 Å². The van der Waals surface area contributed by atoms with E-state index in [-0.39, 0.29) is 12.3 Å². The van der Waals surface area contributed by atoms with Crippen LogP contribution in [0.4, 0.5) is 0 Å². The molecule has 0 radical (unpaired) electrons. The minimum absolute atomic E-state index is 0.118. The fourth-order valence-corrected chi connectivity index (χ4v) is 3.43. The summed E-state index contributed by atoms with van der Waals surface area (Å²) in [5.74, 6) is -1.50. The molecule has 0 bridgehead atoms. The van der Waals surface area contributed by atoms with Crippen LogP contribution in [0.2, 0.25) is 0 Å². The van der Waals surface area contributed by atoms with E-state index < -0.39 is 17.4 Å². The Morgan fingerprint density at radius 3 is 1.87 bits per heavy atom. The highest BCUT2D eigenvalue weighted by Crippen LogP contribution is 2.32. The van der Waals surface area contributed by atoms with Crippen LogP contribution in [-0.2, 0) is 21.4 Å². The van der Waals surface area contributed by atoms with Gasteiger partial charge in [-0.15, -0.1) is 0 Å². The second-order valence-electron chi connectivity index (χ2n) is 7.23. The number of amides is 1. The summed E-state index contributed by atoms with van der Waals surface area (Å²) < 4.78 is 0. The minimum atomic E-state index is -1.11. The molecule has 0 aliphatic heterocycles. The first-order valence-corrected chi connectivity index (χ1v) is 9.59. The second kappa shape index (κ2) is 9.06. The standard InChI is InChI=1S/C25H22N2O3/c1-25(20-8-4-2-5-9-20,21-10-6-3-7-11-21)24(30)27-22(23(28)29)16-18-12-14-19(17-26)15-13-18/h2-15,22H,16H2,1H3,(H,27,30)(H,28,29)/t22-/m1/s1. The van der Waals surface area contributed by atoms with E-state index in [0.717, 1.165) is 16.7 Å². The van der Waals surface area contributed by atoms with Crippen molar-refractivity contribution in [2.45, 2.75) is 24.8 Å². The van der Waals surface area contributed by atoms with E-state index in [2.05, 4.69) is 5.32 Å². The van der Waals surface area contributed by atoms with Crippen molar-refractivity contribution in [1.29, 1.82) is 5.26 Å². The van der Waals surface area contributed by atoms with Gasteiger partial charge < -0.3 is 10.4 Å². The lowest BCUT2D eigenvalue weighted by atomic mass is 9.75. The quantitative estimate of drug-likeness (QED) is 0.635. The zero-order chi connectivity index (χ0) is 21.6. The molecule has 2 N–H and O–H groups in total. The monoisotopic (exact) mass is 398 g/mol. The van der Waals surface area contributed by atoms with Crippen molar-refractivity contribution < 1.29 is 14.7 Å². The molecule has 0 aliphatic rings. The number of hydrogen-bond acceptors (Lipinski definition) is 3. The van der Waals surface area contributed by atoms with Crippen LogP contribution < -0.4 is 5.32 Å². The van der Waals surface area contributed by atoms with Crippen molar-refractivity contribution in [1.82, 2.24) is 5.32 Å². The summed E-state index contributed by atoms with van der Waals surface area (Å²) in [6, 6.07) is 26.2. The largest absolute Gasteiger partial charge is 0.480 e. The van der Waals surface area contributed by atoms with Gasteiger partial charge in [-0.1, -0.05) is 72.8 Å². The van der Waals surface area contributed by atoms with Crippen LogP contribution in [0.3, 0.4) is 0 Å². The Bertz CT molecular complexity index is 1020. The van der Waals surface area contributed by atoms with Gasteiger partial charge in [0.1, 0.15) is 6.04 Å². The molecule has 5 heteroatoms. The summed E-state index contributed by atoms with van der Waals surface area (Å²) in [5.41, 5.74) is 1.71. The third kappa shape index (κ3) is 4.39. The van der Waals surface area contributed by atoms with Gasteiger partial charge in [0.15, 0.2) is 0 Å². The SMILES string of the molecule is CC(C(=O)N[C@H](Cc1ccc(C#N)cc1)C(=O)O)(c1ccccc1)c1ccccc1. The molecule has 3 rings (SSSR count). The molecule has 0 aromatic heterocycles. The highest BCUT2D eigenvalue weighted by Gasteiger charge is 2.38. The van der Waals surface area contributed by atoms with E-state index in [1.54, 1.807) is 31.2 Å². The Labute approximate surface area is 175 Å². The third-order valence-corrected chi connectivity index (χ3v) is 5.28. The van der Waals surface area contributed by atoms with Gasteiger partial charge in [-0.25, -0.2) is 4.79 Å². The first-order chi connectivity index (χ1) is 14.4. The molecule has 0 heterocycles. The number of benzene rings is 3. The molecule has 0 unspecified atom stereocenters. The van der Waals surface area contributed by atoms with Gasteiger partial charge in [0.05, 0.1) is 17.0 Å². The number of carboxylic acids is 1.